The van der Waals surface area contributed by atoms with Crippen LogP contribution in [0.15, 0.2) is 54.3 Å². The Morgan fingerprint density at radius 1 is 1.24 bits per heavy atom. The second kappa shape index (κ2) is 8.72. The summed E-state index contributed by atoms with van der Waals surface area (Å²) in [6.45, 7) is 6.23. The van der Waals surface area contributed by atoms with Gasteiger partial charge in [0.15, 0.2) is 0 Å². The van der Waals surface area contributed by atoms with E-state index in [1.54, 1.807) is 24.4 Å². The summed E-state index contributed by atoms with van der Waals surface area (Å²) in [6.07, 6.45) is 2.91. The molecule has 3 unspecified atom stereocenters. The van der Waals surface area contributed by atoms with Gasteiger partial charge >= 0.3 is 5.97 Å². The molecule has 2 amide bonds. The maximum atomic E-state index is 14.0. The van der Waals surface area contributed by atoms with Gasteiger partial charge in [0.05, 0.1) is 24.0 Å². The first kappa shape index (κ1) is 23.7. The summed E-state index contributed by atoms with van der Waals surface area (Å²) in [4.78, 5) is 48.6. The van der Waals surface area contributed by atoms with E-state index in [0.29, 0.717) is 16.1 Å². The molecule has 0 saturated carbocycles. The van der Waals surface area contributed by atoms with Gasteiger partial charge in [-0.25, -0.2) is 9.78 Å². The van der Waals surface area contributed by atoms with Crippen molar-refractivity contribution < 1.29 is 19.5 Å². The van der Waals surface area contributed by atoms with Gasteiger partial charge in [0.1, 0.15) is 5.54 Å². The highest BCUT2D eigenvalue weighted by Gasteiger charge is 2.60. The molecule has 1 fully saturated rings. The van der Waals surface area contributed by atoms with Crippen LogP contribution < -0.4 is 5.73 Å². The van der Waals surface area contributed by atoms with E-state index >= 15 is 0 Å². The lowest BCUT2D eigenvalue weighted by molar-refractivity contribution is -0.149. The number of carboxylic acid groups (broad SMARTS) is 1. The predicted octanol–water partition coefficient (Wildman–Crippen LogP) is 3.52. The molecule has 178 valence electrons. The number of nitrogens with zero attached hydrogens (tertiary/aromatic N) is 2. The van der Waals surface area contributed by atoms with E-state index in [2.05, 4.69) is 30.7 Å². The van der Waals surface area contributed by atoms with E-state index < -0.39 is 35.3 Å². The Morgan fingerprint density at radius 2 is 1.94 bits per heavy atom. The van der Waals surface area contributed by atoms with E-state index in [1.165, 1.54) is 22.6 Å². The molecule has 4 rings (SSSR count). The molecule has 2 aromatic heterocycles. The topological polar surface area (TPSA) is 129 Å². The predicted molar refractivity (Wildman–Crippen MR) is 128 cm³/mol. The highest BCUT2D eigenvalue weighted by atomic mass is 32.1. The van der Waals surface area contributed by atoms with Crippen LogP contribution in [0, 0.1) is 5.92 Å². The van der Waals surface area contributed by atoms with Crippen LogP contribution in [-0.4, -0.2) is 43.3 Å². The van der Waals surface area contributed by atoms with Gasteiger partial charge in [-0.1, -0.05) is 39.0 Å². The highest BCUT2D eigenvalue weighted by molar-refractivity contribution is 7.10. The van der Waals surface area contributed by atoms with Gasteiger partial charge in [0.25, 0.3) is 5.91 Å². The summed E-state index contributed by atoms with van der Waals surface area (Å²) in [5.74, 6) is -3.14. The number of primary amides is 1. The molecule has 1 aromatic carbocycles. The molecule has 1 saturated heterocycles. The molecule has 0 radical (unpaired) electrons. The summed E-state index contributed by atoms with van der Waals surface area (Å²) in [5, 5.41) is 12.3. The fourth-order valence-corrected chi connectivity index (χ4v) is 5.62. The number of aromatic amines is 1. The van der Waals surface area contributed by atoms with Crippen molar-refractivity contribution in [2.24, 2.45) is 11.7 Å². The Balaban J connectivity index is 1.87. The van der Waals surface area contributed by atoms with E-state index in [1.807, 2.05) is 23.6 Å². The quantitative estimate of drug-likeness (QED) is 0.497. The number of benzene rings is 1. The zero-order chi connectivity index (χ0) is 24.7. The number of thiophene rings is 1. The molecule has 9 heteroatoms. The average Bonchev–Trinajstić information content (AvgIpc) is 3.53. The first-order valence-corrected chi connectivity index (χ1v) is 11.9. The van der Waals surface area contributed by atoms with Crippen molar-refractivity contribution in [3.05, 3.63) is 76.0 Å². The van der Waals surface area contributed by atoms with Gasteiger partial charge in [0, 0.05) is 23.1 Å². The normalized spacial score (nSPS) is 22.6. The number of carbonyl (C=O) groups is 3. The zero-order valence-corrected chi connectivity index (χ0v) is 20.1. The van der Waals surface area contributed by atoms with Gasteiger partial charge in [-0.15, -0.1) is 11.3 Å². The number of rotatable bonds is 6. The molecule has 0 bridgehead atoms. The second-order valence-electron chi connectivity index (χ2n) is 9.75. The molecule has 3 aromatic rings. The number of nitrogens with one attached hydrogen (secondary N) is 1. The van der Waals surface area contributed by atoms with E-state index in [4.69, 9.17) is 5.73 Å². The fraction of sp³-hybridized carbons (Fsp3) is 0.360. The van der Waals surface area contributed by atoms with Gasteiger partial charge in [-0.05, 0) is 41.0 Å². The minimum absolute atomic E-state index is 0.0523. The van der Waals surface area contributed by atoms with E-state index in [9.17, 15) is 19.5 Å². The van der Waals surface area contributed by atoms with Gasteiger partial charge < -0.3 is 20.7 Å². The molecule has 0 spiro atoms. The van der Waals surface area contributed by atoms with Gasteiger partial charge in [-0.3, -0.25) is 9.59 Å². The molecular weight excluding hydrogens is 452 g/mol. The number of carbonyl (C=O) groups excluding carboxylic acids is 2. The number of hydrogen-bond acceptors (Lipinski definition) is 5. The first-order chi connectivity index (χ1) is 16.0. The van der Waals surface area contributed by atoms with E-state index in [-0.39, 0.29) is 18.3 Å². The molecule has 34 heavy (non-hydrogen) atoms. The number of H-pyrrole nitrogens is 1. The maximum Gasteiger partial charge on any atom is 0.330 e. The molecule has 0 aliphatic carbocycles. The third-order valence-electron chi connectivity index (χ3n) is 6.52. The summed E-state index contributed by atoms with van der Waals surface area (Å²) >= 11 is 1.37. The number of aliphatic carboxylic acids is 1. The molecule has 1 aliphatic rings. The third kappa shape index (κ3) is 4.11. The van der Waals surface area contributed by atoms with Crippen LogP contribution in [0.4, 0.5) is 0 Å². The molecule has 8 nitrogen and oxygen atoms in total. The number of likely N-dealkylation sites (tertiary alicyclic amines) is 1. The highest BCUT2D eigenvalue weighted by Crippen LogP contribution is 2.50. The number of amides is 2. The van der Waals surface area contributed by atoms with Crippen LogP contribution in [0.2, 0.25) is 0 Å². The van der Waals surface area contributed by atoms with Crippen LogP contribution in [0.25, 0.3) is 0 Å². The number of nitrogens with two attached hydrogens (primary N) is 1. The number of hydrogen-bond donors (Lipinski definition) is 3. The van der Waals surface area contributed by atoms with Crippen molar-refractivity contribution in [1.82, 2.24) is 14.9 Å². The molecule has 1 aliphatic heterocycles. The second-order valence-corrected chi connectivity index (χ2v) is 10.7. The fourth-order valence-electron chi connectivity index (χ4n) is 4.74. The van der Waals surface area contributed by atoms with Crippen LogP contribution in [0.3, 0.4) is 0 Å². The van der Waals surface area contributed by atoms with Gasteiger partial charge in [0.2, 0.25) is 5.91 Å². The third-order valence-corrected chi connectivity index (χ3v) is 7.46. The van der Waals surface area contributed by atoms with Crippen LogP contribution in [0.1, 0.15) is 59.7 Å². The van der Waals surface area contributed by atoms with Gasteiger partial charge in [-0.2, -0.15) is 0 Å². The van der Waals surface area contributed by atoms with Crippen molar-refractivity contribution in [3.8, 4) is 0 Å². The minimum atomic E-state index is -1.69. The summed E-state index contributed by atoms with van der Waals surface area (Å²) in [7, 11) is 0. The summed E-state index contributed by atoms with van der Waals surface area (Å²) in [6, 6.07) is 10.0. The number of carboxylic acids is 1. The Kier molecular flexibility index (Phi) is 6.07. The molecule has 4 N–H and O–H groups in total. The van der Waals surface area contributed by atoms with Crippen molar-refractivity contribution in [3.63, 3.8) is 0 Å². The lowest BCUT2D eigenvalue weighted by Gasteiger charge is -2.37. The van der Waals surface area contributed by atoms with E-state index in [0.717, 1.165) is 5.56 Å². The standard InChI is InChI=1S/C25H28N4O4S/c1-24(2,3)16-8-6-15(7-9-16)22(31)29-20(19-5-4-10-34-19)18(21(26)30)12-25(29,23(32)33)11-17-13-27-14-28-17/h4-10,13-14,18,20H,11-12H2,1-3H3,(H2,26,30)(H,27,28)(H,32,33). The Hall–Kier alpha value is -3.46. The number of imidazole rings is 1. The van der Waals surface area contributed by atoms with Crippen LogP contribution >= 0.6 is 11.3 Å². The largest absolute Gasteiger partial charge is 0.479 e. The van der Waals surface area contributed by atoms with Crippen molar-refractivity contribution in [1.29, 1.82) is 0 Å². The zero-order valence-electron chi connectivity index (χ0n) is 19.3. The van der Waals surface area contributed by atoms with Crippen LogP contribution in [0.5, 0.6) is 0 Å². The molecular formula is C25H28N4O4S. The molecule has 3 atom stereocenters. The van der Waals surface area contributed by atoms with Crippen molar-refractivity contribution in [2.75, 3.05) is 0 Å². The first-order valence-electron chi connectivity index (χ1n) is 11.0. The summed E-state index contributed by atoms with van der Waals surface area (Å²) < 4.78 is 0. The Bertz CT molecular complexity index is 1180. The minimum Gasteiger partial charge on any atom is -0.479 e. The lowest BCUT2D eigenvalue weighted by atomic mass is 9.85. The molecule has 3 heterocycles. The Labute approximate surface area is 201 Å². The summed E-state index contributed by atoms with van der Waals surface area (Å²) in [5.41, 5.74) is 5.87. The average molecular weight is 481 g/mol. The lowest BCUT2D eigenvalue weighted by Crippen LogP contribution is -2.55. The monoisotopic (exact) mass is 480 g/mol. The number of aromatic nitrogens is 2. The van der Waals surface area contributed by atoms with Crippen molar-refractivity contribution in [2.45, 2.75) is 50.6 Å². The van der Waals surface area contributed by atoms with Crippen molar-refractivity contribution >= 4 is 29.1 Å². The maximum absolute atomic E-state index is 14.0. The van der Waals surface area contributed by atoms with Crippen LogP contribution in [-0.2, 0) is 21.4 Å². The SMILES string of the molecule is CC(C)(C)c1ccc(C(=O)N2C(c3cccs3)C(C(N)=O)CC2(Cc2c[nH]cn2)C(=O)O)cc1. The smallest absolute Gasteiger partial charge is 0.330 e. The Morgan fingerprint density at radius 3 is 2.44 bits per heavy atom.